The fourth-order valence-electron chi connectivity index (χ4n) is 4.51. The summed E-state index contributed by atoms with van der Waals surface area (Å²) in [5.41, 5.74) is 1.50. The van der Waals surface area contributed by atoms with Crippen LogP contribution in [0.25, 0.3) is 10.9 Å². The Hall–Kier alpha value is -2.32. The summed E-state index contributed by atoms with van der Waals surface area (Å²) in [4.78, 5) is 28.4. The Morgan fingerprint density at radius 1 is 1.32 bits per heavy atom. The second-order valence-corrected chi connectivity index (χ2v) is 9.51. The van der Waals surface area contributed by atoms with Crippen LogP contribution in [-0.4, -0.2) is 47.2 Å². The van der Waals surface area contributed by atoms with Crippen LogP contribution in [0.15, 0.2) is 33.6 Å². The first-order valence-electron chi connectivity index (χ1n) is 10.8. The van der Waals surface area contributed by atoms with E-state index < -0.39 is 23.3 Å². The number of fused-ring (bicyclic) bond motifs is 1. The maximum atomic E-state index is 15.2. The van der Waals surface area contributed by atoms with Gasteiger partial charge in [-0.2, -0.15) is 0 Å². The summed E-state index contributed by atoms with van der Waals surface area (Å²) < 4.78 is 22.2. The highest BCUT2D eigenvalue weighted by molar-refractivity contribution is 8.03. The van der Waals surface area contributed by atoms with Crippen molar-refractivity contribution >= 4 is 34.3 Å². The molecule has 3 aliphatic rings. The van der Waals surface area contributed by atoms with Crippen molar-refractivity contribution in [2.45, 2.75) is 44.8 Å². The molecular weight excluding hydrogens is 419 g/mol. The van der Waals surface area contributed by atoms with Gasteiger partial charge in [0.05, 0.1) is 23.9 Å². The van der Waals surface area contributed by atoms with Crippen LogP contribution < -0.4 is 10.3 Å². The summed E-state index contributed by atoms with van der Waals surface area (Å²) in [7, 11) is 0. The van der Waals surface area contributed by atoms with Gasteiger partial charge in [0.1, 0.15) is 11.4 Å². The van der Waals surface area contributed by atoms with E-state index >= 15 is 4.39 Å². The lowest BCUT2D eigenvalue weighted by Crippen LogP contribution is -2.37. The number of nitrogens with zero attached hydrogens (tertiary/aromatic N) is 2. The van der Waals surface area contributed by atoms with E-state index in [1.165, 1.54) is 11.0 Å². The molecule has 1 saturated carbocycles. The SMILES string of the molecule is CCOC(=O)c1cn(C2CC2)c2cc(N3CCC4=C(C3)C(O)CCS4)c(F)cc2c1=O. The van der Waals surface area contributed by atoms with Gasteiger partial charge in [-0.1, -0.05) is 0 Å². The lowest BCUT2D eigenvalue weighted by atomic mass is 10.0. The van der Waals surface area contributed by atoms with Gasteiger partial charge in [-0.15, -0.1) is 11.8 Å². The molecule has 1 fully saturated rings. The highest BCUT2D eigenvalue weighted by atomic mass is 32.2. The van der Waals surface area contributed by atoms with E-state index in [1.54, 1.807) is 30.9 Å². The molecule has 3 heterocycles. The topological polar surface area (TPSA) is 71.8 Å². The zero-order chi connectivity index (χ0) is 21.7. The number of hydrogen-bond donors (Lipinski definition) is 1. The fourth-order valence-corrected chi connectivity index (χ4v) is 5.72. The third kappa shape index (κ3) is 3.65. The van der Waals surface area contributed by atoms with Crippen molar-refractivity contribution in [2.24, 2.45) is 0 Å². The number of benzene rings is 1. The van der Waals surface area contributed by atoms with Crippen molar-refractivity contribution in [1.29, 1.82) is 0 Å². The van der Waals surface area contributed by atoms with Gasteiger partial charge in [-0.05, 0) is 55.2 Å². The molecule has 0 amide bonds. The predicted molar refractivity (Wildman–Crippen MR) is 119 cm³/mol. The average Bonchev–Trinajstić information content (AvgIpc) is 3.60. The molecule has 0 bridgehead atoms. The molecule has 1 aromatic carbocycles. The van der Waals surface area contributed by atoms with Crippen molar-refractivity contribution < 1.29 is 19.0 Å². The Bertz CT molecular complexity index is 1150. The standard InChI is InChI=1S/C23H25FN2O4S/c1-2-30-23(29)16-12-26(13-3-4-13)18-10-19(17(24)9-14(18)22(16)28)25-7-5-21-15(11-25)20(27)6-8-31-21/h9-10,12-13,20,27H,2-8,11H2,1H3. The first kappa shape index (κ1) is 20.6. The lowest BCUT2D eigenvalue weighted by Gasteiger charge is -2.36. The van der Waals surface area contributed by atoms with Crippen molar-refractivity contribution in [3.63, 3.8) is 0 Å². The average molecular weight is 445 g/mol. The number of ether oxygens (including phenoxy) is 1. The van der Waals surface area contributed by atoms with Crippen molar-refractivity contribution in [3.8, 4) is 0 Å². The molecule has 1 aliphatic carbocycles. The molecule has 0 saturated heterocycles. The van der Waals surface area contributed by atoms with Gasteiger partial charge >= 0.3 is 5.97 Å². The molecule has 1 aromatic heterocycles. The van der Waals surface area contributed by atoms with E-state index in [0.29, 0.717) is 24.3 Å². The third-order valence-corrected chi connectivity index (χ3v) is 7.53. The number of pyridine rings is 1. The Morgan fingerprint density at radius 3 is 2.87 bits per heavy atom. The molecule has 2 aromatic rings. The second-order valence-electron chi connectivity index (χ2n) is 8.32. The molecule has 31 heavy (non-hydrogen) atoms. The minimum atomic E-state index is -0.674. The number of halogens is 1. The minimum absolute atomic E-state index is 0.0523. The molecule has 2 aliphatic heterocycles. The van der Waals surface area contributed by atoms with Crippen LogP contribution in [-0.2, 0) is 4.74 Å². The summed E-state index contributed by atoms with van der Waals surface area (Å²) in [5, 5.41) is 10.6. The lowest BCUT2D eigenvalue weighted by molar-refractivity contribution is 0.0524. The summed E-state index contributed by atoms with van der Waals surface area (Å²) in [6.45, 7) is 3.01. The van der Waals surface area contributed by atoms with Gasteiger partial charge in [0, 0.05) is 36.5 Å². The number of rotatable bonds is 4. The molecule has 6 nitrogen and oxygen atoms in total. The van der Waals surface area contributed by atoms with E-state index in [9.17, 15) is 14.7 Å². The molecule has 5 rings (SSSR count). The number of carbonyl (C=O) groups is 1. The Labute approximate surface area is 183 Å². The van der Waals surface area contributed by atoms with Gasteiger partial charge < -0.3 is 19.3 Å². The zero-order valence-corrected chi connectivity index (χ0v) is 18.2. The number of carbonyl (C=O) groups excluding carboxylic acids is 1. The van der Waals surface area contributed by atoms with Crippen LogP contribution in [0.1, 0.15) is 49.0 Å². The maximum Gasteiger partial charge on any atom is 0.343 e. The number of aliphatic hydroxyl groups is 1. The largest absolute Gasteiger partial charge is 0.462 e. The van der Waals surface area contributed by atoms with Gasteiger partial charge in [-0.25, -0.2) is 9.18 Å². The molecule has 164 valence electrons. The van der Waals surface area contributed by atoms with Gasteiger partial charge in [0.25, 0.3) is 0 Å². The van der Waals surface area contributed by atoms with Crippen molar-refractivity contribution in [2.75, 3.05) is 30.3 Å². The van der Waals surface area contributed by atoms with Crippen LogP contribution in [0, 0.1) is 5.82 Å². The molecule has 8 heteroatoms. The summed E-state index contributed by atoms with van der Waals surface area (Å²) in [5.74, 6) is -0.247. The maximum absolute atomic E-state index is 15.2. The number of aliphatic hydroxyl groups excluding tert-OH is 1. The van der Waals surface area contributed by atoms with Crippen LogP contribution in [0.2, 0.25) is 0 Å². The number of hydrogen-bond acceptors (Lipinski definition) is 6. The normalized spacial score (nSPS) is 21.4. The summed E-state index contributed by atoms with van der Waals surface area (Å²) >= 11 is 1.79. The molecule has 1 N–H and O–H groups in total. The van der Waals surface area contributed by atoms with E-state index in [1.807, 2.05) is 9.47 Å². The summed E-state index contributed by atoms with van der Waals surface area (Å²) in [6.07, 6.45) is 4.51. The van der Waals surface area contributed by atoms with E-state index in [4.69, 9.17) is 4.74 Å². The second kappa shape index (κ2) is 7.98. The Balaban J connectivity index is 1.60. The molecule has 0 radical (unpaired) electrons. The number of anilines is 1. The molecule has 1 unspecified atom stereocenters. The highest BCUT2D eigenvalue weighted by Gasteiger charge is 2.31. The van der Waals surface area contributed by atoms with Gasteiger partial charge in [-0.3, -0.25) is 4.79 Å². The monoisotopic (exact) mass is 444 g/mol. The molecule has 1 atom stereocenters. The van der Waals surface area contributed by atoms with Crippen LogP contribution in [0.3, 0.4) is 0 Å². The Morgan fingerprint density at radius 2 is 2.13 bits per heavy atom. The quantitative estimate of drug-likeness (QED) is 0.727. The molecule has 0 spiro atoms. The minimum Gasteiger partial charge on any atom is -0.462 e. The summed E-state index contributed by atoms with van der Waals surface area (Å²) in [6, 6.07) is 3.18. The molecular formula is C23H25FN2O4S. The number of thioether (sulfide) groups is 1. The van der Waals surface area contributed by atoms with E-state index in [-0.39, 0.29) is 23.6 Å². The number of esters is 1. The van der Waals surface area contributed by atoms with Crippen LogP contribution >= 0.6 is 11.8 Å². The van der Waals surface area contributed by atoms with Crippen LogP contribution in [0.4, 0.5) is 10.1 Å². The van der Waals surface area contributed by atoms with Gasteiger partial charge in [0.15, 0.2) is 0 Å². The van der Waals surface area contributed by atoms with Crippen molar-refractivity contribution in [1.82, 2.24) is 4.57 Å². The van der Waals surface area contributed by atoms with Gasteiger partial charge in [0.2, 0.25) is 5.43 Å². The first-order chi connectivity index (χ1) is 15.0. The first-order valence-corrected chi connectivity index (χ1v) is 11.8. The van der Waals surface area contributed by atoms with Crippen LogP contribution in [0.5, 0.6) is 0 Å². The smallest absolute Gasteiger partial charge is 0.343 e. The van der Waals surface area contributed by atoms with Crippen molar-refractivity contribution in [3.05, 3.63) is 50.4 Å². The van der Waals surface area contributed by atoms with E-state index in [0.717, 1.165) is 37.0 Å². The highest BCUT2D eigenvalue weighted by Crippen LogP contribution is 2.40. The van der Waals surface area contributed by atoms with E-state index in [2.05, 4.69) is 0 Å². The zero-order valence-electron chi connectivity index (χ0n) is 17.4. The fraction of sp³-hybridized carbons (Fsp3) is 0.478. The Kier molecular flexibility index (Phi) is 5.30. The third-order valence-electron chi connectivity index (χ3n) is 6.28. The predicted octanol–water partition coefficient (Wildman–Crippen LogP) is 3.61. The number of aromatic nitrogens is 1.